The average Bonchev–Trinajstić information content (AvgIpc) is 2.60. The molecular weight excluding hydrogens is 328 g/mol. The number of hydrogen-bond donors (Lipinski definition) is 0. The van der Waals surface area contributed by atoms with Crippen LogP contribution < -0.4 is 14.4 Å². The summed E-state index contributed by atoms with van der Waals surface area (Å²) < 4.78 is 37.7. The van der Waals surface area contributed by atoms with Crippen LogP contribution in [-0.2, 0) is 6.54 Å². The Kier molecular flexibility index (Phi) is 4.65. The highest BCUT2D eigenvalue weighted by Gasteiger charge is 2.14. The molecule has 0 saturated heterocycles. The van der Waals surface area contributed by atoms with Crippen molar-refractivity contribution >= 4 is 16.7 Å². The van der Waals surface area contributed by atoms with E-state index in [0.717, 1.165) is 5.56 Å². The van der Waals surface area contributed by atoms with Crippen molar-refractivity contribution in [1.29, 1.82) is 0 Å². The van der Waals surface area contributed by atoms with Crippen molar-refractivity contribution in [2.24, 2.45) is 0 Å². The molecule has 0 spiro atoms. The summed E-state index contributed by atoms with van der Waals surface area (Å²) in [5, 5.41) is 0.650. The summed E-state index contributed by atoms with van der Waals surface area (Å²) in [6.45, 7) is 0.409. The summed E-state index contributed by atoms with van der Waals surface area (Å²) in [5.74, 6) is -0.00437. The lowest BCUT2D eigenvalue weighted by molar-refractivity contribution is 0.386. The number of halogens is 2. The van der Waals surface area contributed by atoms with Crippen molar-refractivity contribution in [2.75, 3.05) is 26.2 Å². The second-order valence-electron chi connectivity index (χ2n) is 5.53. The first kappa shape index (κ1) is 16.9. The number of aromatic nitrogens is 2. The van der Waals surface area contributed by atoms with Crippen LogP contribution in [0.25, 0.3) is 10.9 Å². The smallest absolute Gasteiger partial charge is 0.167 e. The largest absolute Gasteiger partial charge is 0.494 e. The Hall–Kier alpha value is -2.96. The standard InChI is InChI=1S/C18H17F2N3O2/c1-23(9-11-4-5-16(24-2)13(19)6-11)18-12-7-17(25-3)14(20)8-15(12)21-10-22-18/h4-8,10H,9H2,1-3H3. The lowest BCUT2D eigenvalue weighted by Crippen LogP contribution is -2.18. The zero-order chi connectivity index (χ0) is 18.0. The molecular formula is C18H17F2N3O2. The summed E-state index contributed by atoms with van der Waals surface area (Å²) in [5.41, 5.74) is 1.22. The highest BCUT2D eigenvalue weighted by molar-refractivity contribution is 5.90. The lowest BCUT2D eigenvalue weighted by atomic mass is 10.1. The van der Waals surface area contributed by atoms with E-state index in [1.54, 1.807) is 18.2 Å². The van der Waals surface area contributed by atoms with E-state index in [1.165, 1.54) is 32.7 Å². The van der Waals surface area contributed by atoms with E-state index in [2.05, 4.69) is 9.97 Å². The average molecular weight is 345 g/mol. The van der Waals surface area contributed by atoms with Crippen molar-refractivity contribution in [3.63, 3.8) is 0 Å². The van der Waals surface area contributed by atoms with Gasteiger partial charge in [0, 0.05) is 25.0 Å². The SMILES string of the molecule is COc1ccc(CN(C)c2ncnc3cc(F)c(OC)cc23)cc1F. The van der Waals surface area contributed by atoms with Gasteiger partial charge in [-0.3, -0.25) is 0 Å². The number of ether oxygens (including phenoxy) is 2. The maximum Gasteiger partial charge on any atom is 0.167 e. The van der Waals surface area contributed by atoms with E-state index in [1.807, 2.05) is 11.9 Å². The van der Waals surface area contributed by atoms with Crippen LogP contribution >= 0.6 is 0 Å². The van der Waals surface area contributed by atoms with Crippen molar-refractivity contribution in [1.82, 2.24) is 9.97 Å². The van der Waals surface area contributed by atoms with Gasteiger partial charge in [0.25, 0.3) is 0 Å². The highest BCUT2D eigenvalue weighted by Crippen LogP contribution is 2.29. The third-order valence-corrected chi connectivity index (χ3v) is 3.89. The Labute approximate surface area is 143 Å². The molecule has 3 aromatic rings. The zero-order valence-electron chi connectivity index (χ0n) is 14.1. The van der Waals surface area contributed by atoms with Crippen molar-refractivity contribution in [3.05, 3.63) is 53.9 Å². The topological polar surface area (TPSA) is 47.5 Å². The maximum absolute atomic E-state index is 13.9. The molecule has 25 heavy (non-hydrogen) atoms. The number of fused-ring (bicyclic) bond motifs is 1. The van der Waals surface area contributed by atoms with Gasteiger partial charge in [0.2, 0.25) is 0 Å². The molecule has 0 amide bonds. The van der Waals surface area contributed by atoms with Crippen LogP contribution in [0.15, 0.2) is 36.7 Å². The molecule has 2 aromatic carbocycles. The first-order chi connectivity index (χ1) is 12.0. The van der Waals surface area contributed by atoms with Crippen molar-refractivity contribution in [2.45, 2.75) is 6.54 Å². The van der Waals surface area contributed by atoms with Crippen LogP contribution in [0.3, 0.4) is 0 Å². The summed E-state index contributed by atoms with van der Waals surface area (Å²) in [6, 6.07) is 7.64. The van der Waals surface area contributed by atoms with Gasteiger partial charge in [-0.05, 0) is 23.8 Å². The predicted molar refractivity (Wildman–Crippen MR) is 91.1 cm³/mol. The molecule has 0 unspecified atom stereocenters. The number of nitrogens with zero attached hydrogens (tertiary/aromatic N) is 3. The fourth-order valence-electron chi connectivity index (χ4n) is 2.66. The quantitative estimate of drug-likeness (QED) is 0.708. The number of methoxy groups -OCH3 is 2. The second kappa shape index (κ2) is 6.88. The van der Waals surface area contributed by atoms with Gasteiger partial charge in [-0.25, -0.2) is 18.7 Å². The minimum Gasteiger partial charge on any atom is -0.494 e. The van der Waals surface area contributed by atoms with Gasteiger partial charge in [0.15, 0.2) is 23.1 Å². The zero-order valence-corrected chi connectivity index (χ0v) is 14.1. The van der Waals surface area contributed by atoms with E-state index in [9.17, 15) is 8.78 Å². The Morgan fingerprint density at radius 2 is 1.68 bits per heavy atom. The van der Waals surface area contributed by atoms with Gasteiger partial charge in [0.05, 0.1) is 19.7 Å². The predicted octanol–water partition coefficient (Wildman–Crippen LogP) is 3.56. The van der Waals surface area contributed by atoms with E-state index in [-0.39, 0.29) is 11.5 Å². The summed E-state index contributed by atoms with van der Waals surface area (Å²) >= 11 is 0. The van der Waals surface area contributed by atoms with Crippen LogP contribution in [0.5, 0.6) is 11.5 Å². The minimum absolute atomic E-state index is 0.118. The molecule has 0 saturated carbocycles. The fourth-order valence-corrected chi connectivity index (χ4v) is 2.66. The molecule has 1 aromatic heterocycles. The summed E-state index contributed by atoms with van der Waals surface area (Å²) in [7, 11) is 4.64. The highest BCUT2D eigenvalue weighted by atomic mass is 19.1. The third kappa shape index (κ3) is 3.31. The van der Waals surface area contributed by atoms with Gasteiger partial charge >= 0.3 is 0 Å². The van der Waals surface area contributed by atoms with Crippen LogP contribution in [0.1, 0.15) is 5.56 Å². The van der Waals surface area contributed by atoms with Gasteiger partial charge in [-0.1, -0.05) is 6.07 Å². The molecule has 130 valence electrons. The molecule has 3 rings (SSSR count). The molecule has 0 aliphatic carbocycles. The van der Waals surface area contributed by atoms with Crippen molar-refractivity contribution in [3.8, 4) is 11.5 Å². The second-order valence-corrected chi connectivity index (χ2v) is 5.53. The summed E-state index contributed by atoms with van der Waals surface area (Å²) in [4.78, 5) is 10.2. The van der Waals surface area contributed by atoms with Gasteiger partial charge in [-0.15, -0.1) is 0 Å². The number of rotatable bonds is 5. The Bertz CT molecular complexity index is 918. The molecule has 0 aliphatic heterocycles. The van der Waals surface area contributed by atoms with Gasteiger partial charge < -0.3 is 14.4 Å². The van der Waals surface area contributed by atoms with Crippen molar-refractivity contribution < 1.29 is 18.3 Å². The number of anilines is 1. The first-order valence-corrected chi connectivity index (χ1v) is 7.55. The van der Waals surface area contributed by atoms with Crippen LogP contribution in [0, 0.1) is 11.6 Å². The molecule has 0 fully saturated rings. The molecule has 0 aliphatic rings. The lowest BCUT2D eigenvalue weighted by Gasteiger charge is -2.20. The van der Waals surface area contributed by atoms with Gasteiger partial charge in [-0.2, -0.15) is 0 Å². The van der Waals surface area contributed by atoms with Gasteiger partial charge in [0.1, 0.15) is 12.1 Å². The number of hydrogen-bond acceptors (Lipinski definition) is 5. The minimum atomic E-state index is -0.487. The van der Waals surface area contributed by atoms with E-state index in [0.29, 0.717) is 23.3 Å². The molecule has 1 heterocycles. The third-order valence-electron chi connectivity index (χ3n) is 3.89. The molecule has 0 atom stereocenters. The fraction of sp³-hybridized carbons (Fsp3) is 0.222. The van der Waals surface area contributed by atoms with Crippen LogP contribution in [0.4, 0.5) is 14.6 Å². The normalized spacial score (nSPS) is 10.8. The van der Waals surface area contributed by atoms with Crippen LogP contribution in [-0.4, -0.2) is 31.2 Å². The van der Waals surface area contributed by atoms with E-state index in [4.69, 9.17) is 9.47 Å². The Balaban J connectivity index is 1.96. The first-order valence-electron chi connectivity index (χ1n) is 7.55. The summed E-state index contributed by atoms with van der Waals surface area (Å²) in [6.07, 6.45) is 1.37. The van der Waals surface area contributed by atoms with E-state index >= 15 is 0 Å². The Morgan fingerprint density at radius 1 is 0.960 bits per heavy atom. The molecule has 0 bridgehead atoms. The molecule has 5 nitrogen and oxygen atoms in total. The van der Waals surface area contributed by atoms with Crippen LogP contribution in [0.2, 0.25) is 0 Å². The monoisotopic (exact) mass is 345 g/mol. The molecule has 0 N–H and O–H groups in total. The number of benzene rings is 2. The van der Waals surface area contributed by atoms with E-state index < -0.39 is 11.6 Å². The maximum atomic E-state index is 13.9. The molecule has 0 radical (unpaired) electrons. The Morgan fingerprint density at radius 3 is 2.36 bits per heavy atom. The molecule has 7 heteroatoms.